The zero-order valence-electron chi connectivity index (χ0n) is 13.5. The summed E-state index contributed by atoms with van der Waals surface area (Å²) in [6.07, 6.45) is -2.97. The molecule has 2 rings (SSSR count). The molecule has 2 aliphatic rings. The van der Waals surface area contributed by atoms with Crippen LogP contribution in [0.2, 0.25) is 0 Å². The van der Waals surface area contributed by atoms with Crippen LogP contribution in [0.3, 0.4) is 0 Å². The fraction of sp³-hybridized carbons (Fsp3) is 1.00. The molecule has 1 N–H and O–H groups in total. The largest absolute Gasteiger partial charge is 0.392 e. The molecule has 136 valence electrons. The minimum absolute atomic E-state index is 0.0848. The highest BCUT2D eigenvalue weighted by Gasteiger charge is 2.45. The van der Waals surface area contributed by atoms with E-state index in [0.717, 1.165) is 0 Å². The van der Waals surface area contributed by atoms with E-state index in [-0.39, 0.29) is 38.3 Å². The Labute approximate surface area is 135 Å². The van der Waals surface area contributed by atoms with Gasteiger partial charge in [0.15, 0.2) is 0 Å². The van der Waals surface area contributed by atoms with Crippen molar-refractivity contribution < 1.29 is 26.3 Å². The predicted octanol–water partition coefficient (Wildman–Crippen LogP) is 2.30. The van der Waals surface area contributed by atoms with Crippen LogP contribution in [0.25, 0.3) is 0 Å². The molecule has 0 radical (unpaired) electrons. The molecule has 1 aliphatic heterocycles. The van der Waals surface area contributed by atoms with E-state index in [4.69, 9.17) is 4.74 Å². The molecule has 1 heterocycles. The number of alkyl halides is 3. The van der Waals surface area contributed by atoms with Gasteiger partial charge in [-0.05, 0) is 32.6 Å². The maximum absolute atomic E-state index is 13.1. The van der Waals surface area contributed by atoms with Gasteiger partial charge in [0.2, 0.25) is 0 Å². The van der Waals surface area contributed by atoms with Crippen LogP contribution in [-0.2, 0) is 14.9 Å². The first-order valence-electron chi connectivity index (χ1n) is 8.06. The van der Waals surface area contributed by atoms with Crippen molar-refractivity contribution in [3.63, 3.8) is 0 Å². The number of ether oxygens (including phenoxy) is 1. The maximum atomic E-state index is 13.1. The summed E-state index contributed by atoms with van der Waals surface area (Å²) in [7, 11) is -3.78. The number of hydrogen-bond acceptors (Lipinski definition) is 3. The highest BCUT2D eigenvalue weighted by atomic mass is 32.2. The minimum atomic E-state index is -4.27. The summed E-state index contributed by atoms with van der Waals surface area (Å²) in [4.78, 5) is 0. The van der Waals surface area contributed by atoms with Crippen molar-refractivity contribution >= 4 is 10.2 Å². The van der Waals surface area contributed by atoms with Gasteiger partial charge in [0.1, 0.15) is 0 Å². The van der Waals surface area contributed by atoms with E-state index >= 15 is 0 Å². The lowest BCUT2D eigenvalue weighted by atomic mass is 9.79. The van der Waals surface area contributed by atoms with Crippen LogP contribution in [0.4, 0.5) is 13.2 Å². The first kappa shape index (κ1) is 19.0. The van der Waals surface area contributed by atoms with E-state index in [0.29, 0.717) is 19.3 Å². The molecule has 5 nitrogen and oxygen atoms in total. The lowest BCUT2D eigenvalue weighted by molar-refractivity contribution is -0.195. The number of nitrogens with zero attached hydrogens (tertiary/aromatic N) is 1. The fourth-order valence-electron chi connectivity index (χ4n) is 3.51. The number of hydrogen-bond donors (Lipinski definition) is 1. The zero-order valence-corrected chi connectivity index (χ0v) is 14.3. The quantitative estimate of drug-likeness (QED) is 0.839. The SMILES string of the molecule is CC1CN(S(=O)(=O)NCC2CCCCC2C(F)(F)F)CC(C)O1. The van der Waals surface area contributed by atoms with Crippen LogP contribution < -0.4 is 4.72 Å². The van der Waals surface area contributed by atoms with Gasteiger partial charge in [0, 0.05) is 19.6 Å². The third kappa shape index (κ3) is 5.04. The smallest absolute Gasteiger partial charge is 0.373 e. The summed E-state index contributed by atoms with van der Waals surface area (Å²) < 4.78 is 73.0. The highest BCUT2D eigenvalue weighted by Crippen LogP contribution is 2.41. The van der Waals surface area contributed by atoms with Crippen LogP contribution >= 0.6 is 0 Å². The van der Waals surface area contributed by atoms with E-state index in [2.05, 4.69) is 4.72 Å². The third-order valence-corrected chi connectivity index (χ3v) is 6.09. The van der Waals surface area contributed by atoms with E-state index in [1.165, 1.54) is 4.31 Å². The molecular formula is C14H25F3N2O3S. The molecule has 23 heavy (non-hydrogen) atoms. The summed E-state index contributed by atoms with van der Waals surface area (Å²) >= 11 is 0. The average molecular weight is 358 g/mol. The number of halogens is 3. The van der Waals surface area contributed by atoms with Crippen molar-refractivity contribution in [2.24, 2.45) is 11.8 Å². The van der Waals surface area contributed by atoms with Gasteiger partial charge in [0.05, 0.1) is 18.1 Å². The van der Waals surface area contributed by atoms with Gasteiger partial charge in [-0.1, -0.05) is 12.8 Å². The molecule has 9 heteroatoms. The first-order valence-corrected chi connectivity index (χ1v) is 9.50. The lowest BCUT2D eigenvalue weighted by Gasteiger charge is -2.36. The molecule has 4 unspecified atom stereocenters. The average Bonchev–Trinajstić information content (AvgIpc) is 2.43. The predicted molar refractivity (Wildman–Crippen MR) is 80.0 cm³/mol. The fourth-order valence-corrected chi connectivity index (χ4v) is 4.93. The Balaban J connectivity index is 1.97. The monoisotopic (exact) mass is 358 g/mol. The Morgan fingerprint density at radius 3 is 2.26 bits per heavy atom. The molecule has 1 saturated carbocycles. The Kier molecular flexibility index (Phi) is 5.97. The van der Waals surface area contributed by atoms with Crippen molar-refractivity contribution in [1.29, 1.82) is 0 Å². The van der Waals surface area contributed by atoms with Crippen LogP contribution in [0.5, 0.6) is 0 Å². The third-order valence-electron chi connectivity index (χ3n) is 4.58. The molecule has 0 aromatic rings. The van der Waals surface area contributed by atoms with E-state index in [9.17, 15) is 21.6 Å². The molecule has 2 fully saturated rings. The molecule has 0 aromatic heterocycles. The van der Waals surface area contributed by atoms with Crippen molar-refractivity contribution in [1.82, 2.24) is 9.03 Å². The van der Waals surface area contributed by atoms with Crippen LogP contribution in [0, 0.1) is 11.8 Å². The number of morpholine rings is 1. The van der Waals surface area contributed by atoms with Crippen LogP contribution in [-0.4, -0.2) is 50.7 Å². The van der Waals surface area contributed by atoms with Crippen molar-refractivity contribution in [2.75, 3.05) is 19.6 Å². The van der Waals surface area contributed by atoms with Crippen molar-refractivity contribution in [3.05, 3.63) is 0 Å². The van der Waals surface area contributed by atoms with Gasteiger partial charge in [-0.25, -0.2) is 4.72 Å². The summed E-state index contributed by atoms with van der Waals surface area (Å²) in [5.74, 6) is -2.10. The molecule has 0 bridgehead atoms. The summed E-state index contributed by atoms with van der Waals surface area (Å²) in [5.41, 5.74) is 0. The van der Waals surface area contributed by atoms with Crippen molar-refractivity contribution in [3.8, 4) is 0 Å². The minimum Gasteiger partial charge on any atom is -0.373 e. The van der Waals surface area contributed by atoms with E-state index in [1.807, 2.05) is 0 Å². The Morgan fingerprint density at radius 1 is 1.13 bits per heavy atom. The van der Waals surface area contributed by atoms with Gasteiger partial charge in [-0.2, -0.15) is 25.9 Å². The second-order valence-electron chi connectivity index (χ2n) is 6.62. The number of rotatable bonds is 4. The Bertz CT molecular complexity index is 488. The molecular weight excluding hydrogens is 333 g/mol. The maximum Gasteiger partial charge on any atom is 0.392 e. The molecule has 0 amide bonds. The lowest BCUT2D eigenvalue weighted by Crippen LogP contribution is -2.53. The summed E-state index contributed by atoms with van der Waals surface area (Å²) in [6.45, 7) is 3.82. The molecule has 0 aromatic carbocycles. The first-order chi connectivity index (χ1) is 10.6. The van der Waals surface area contributed by atoms with Gasteiger partial charge in [-0.15, -0.1) is 0 Å². The van der Waals surface area contributed by atoms with Crippen LogP contribution in [0.1, 0.15) is 39.5 Å². The molecule has 1 aliphatic carbocycles. The van der Waals surface area contributed by atoms with E-state index < -0.39 is 28.2 Å². The normalized spacial score (nSPS) is 34.5. The van der Waals surface area contributed by atoms with Gasteiger partial charge < -0.3 is 4.74 Å². The Hall–Kier alpha value is -0.380. The van der Waals surface area contributed by atoms with Crippen molar-refractivity contribution in [2.45, 2.75) is 57.9 Å². The van der Waals surface area contributed by atoms with E-state index in [1.54, 1.807) is 13.8 Å². The summed E-state index contributed by atoms with van der Waals surface area (Å²) in [5, 5.41) is 0. The zero-order chi connectivity index (χ0) is 17.3. The van der Waals surface area contributed by atoms with Gasteiger partial charge in [0.25, 0.3) is 10.2 Å². The molecule has 4 atom stereocenters. The van der Waals surface area contributed by atoms with Gasteiger partial charge in [-0.3, -0.25) is 0 Å². The molecule has 1 saturated heterocycles. The molecule has 0 spiro atoms. The standard InChI is InChI=1S/C14H25F3N2O3S/c1-10-8-19(9-11(2)22-10)23(20,21)18-7-12-5-3-4-6-13(12)14(15,16)17/h10-13,18H,3-9H2,1-2H3. The summed E-state index contributed by atoms with van der Waals surface area (Å²) in [6, 6.07) is 0. The van der Waals surface area contributed by atoms with Crippen LogP contribution in [0.15, 0.2) is 0 Å². The Morgan fingerprint density at radius 2 is 1.70 bits per heavy atom. The second-order valence-corrected chi connectivity index (χ2v) is 8.38. The number of nitrogens with one attached hydrogen (secondary N) is 1. The highest BCUT2D eigenvalue weighted by molar-refractivity contribution is 7.87. The topological polar surface area (TPSA) is 58.6 Å². The van der Waals surface area contributed by atoms with Gasteiger partial charge >= 0.3 is 6.18 Å². The second kappa shape index (κ2) is 7.25.